The third-order valence-electron chi connectivity index (χ3n) is 4.02. The van der Waals surface area contributed by atoms with Crippen LogP contribution in [-0.2, 0) is 18.3 Å². The number of aliphatic imine (C=N–C) groups is 1. The first-order valence-corrected chi connectivity index (χ1v) is 8.48. The highest BCUT2D eigenvalue weighted by Crippen LogP contribution is 1.99. The maximum absolute atomic E-state index is 5.37. The third-order valence-corrected chi connectivity index (χ3v) is 4.02. The average Bonchev–Trinajstić information content (AvgIpc) is 2.93. The maximum atomic E-state index is 5.37. The molecule has 1 fully saturated rings. The molecule has 1 saturated heterocycles. The fourth-order valence-electron chi connectivity index (χ4n) is 2.42. The summed E-state index contributed by atoms with van der Waals surface area (Å²) in [7, 11) is 1.95. The van der Waals surface area contributed by atoms with E-state index in [-0.39, 0.29) is 0 Å². The lowest BCUT2D eigenvalue weighted by Gasteiger charge is -2.26. The minimum Gasteiger partial charge on any atom is -0.379 e. The highest BCUT2D eigenvalue weighted by atomic mass is 16.5. The van der Waals surface area contributed by atoms with Gasteiger partial charge in [-0.25, -0.2) is 4.99 Å². The Kier molecular flexibility index (Phi) is 7.70. The van der Waals surface area contributed by atoms with Crippen LogP contribution in [0.2, 0.25) is 0 Å². The second-order valence-electron chi connectivity index (χ2n) is 5.79. The van der Waals surface area contributed by atoms with Crippen molar-refractivity contribution in [3.8, 4) is 0 Å². The second kappa shape index (κ2) is 10.0. The molecule has 24 heavy (non-hydrogen) atoms. The quantitative estimate of drug-likeness (QED) is 0.303. The number of nitrogens with zero attached hydrogens (tertiary/aromatic N) is 5. The van der Waals surface area contributed by atoms with E-state index in [2.05, 4.69) is 37.3 Å². The van der Waals surface area contributed by atoms with Crippen molar-refractivity contribution < 1.29 is 4.74 Å². The van der Waals surface area contributed by atoms with Crippen LogP contribution in [0.25, 0.3) is 0 Å². The van der Waals surface area contributed by atoms with Crippen molar-refractivity contribution in [2.75, 3.05) is 45.9 Å². The van der Waals surface area contributed by atoms with Gasteiger partial charge in [0.15, 0.2) is 11.8 Å². The fraction of sp³-hybridized carbons (Fsp3) is 0.688. The molecule has 0 amide bonds. The van der Waals surface area contributed by atoms with Crippen LogP contribution in [0.3, 0.4) is 0 Å². The van der Waals surface area contributed by atoms with Gasteiger partial charge in [-0.05, 0) is 19.9 Å². The number of guanidine groups is 1. The van der Waals surface area contributed by atoms with Gasteiger partial charge in [0.05, 0.1) is 13.2 Å². The van der Waals surface area contributed by atoms with Gasteiger partial charge in [0.25, 0.3) is 0 Å². The molecule has 0 unspecified atom stereocenters. The minimum atomic E-state index is 0.493. The van der Waals surface area contributed by atoms with E-state index in [0.29, 0.717) is 13.1 Å². The molecule has 0 bridgehead atoms. The molecular weight excluding hydrogens is 306 g/mol. The summed E-state index contributed by atoms with van der Waals surface area (Å²) in [6, 6.07) is 0. The van der Waals surface area contributed by atoms with Crippen molar-refractivity contribution in [1.82, 2.24) is 30.3 Å². The van der Waals surface area contributed by atoms with Crippen LogP contribution in [0.15, 0.2) is 17.6 Å². The summed E-state index contributed by atoms with van der Waals surface area (Å²) in [4.78, 5) is 7.01. The summed E-state index contributed by atoms with van der Waals surface area (Å²) < 4.78 is 7.32. The monoisotopic (exact) mass is 335 g/mol. The summed E-state index contributed by atoms with van der Waals surface area (Å²) in [6.07, 6.45) is 2.88. The molecule has 0 radical (unpaired) electrons. The van der Waals surface area contributed by atoms with Crippen LogP contribution in [0, 0.1) is 6.92 Å². The van der Waals surface area contributed by atoms with E-state index in [9.17, 15) is 0 Å². The van der Waals surface area contributed by atoms with E-state index < -0.39 is 0 Å². The van der Waals surface area contributed by atoms with E-state index in [4.69, 9.17) is 4.74 Å². The highest BCUT2D eigenvalue weighted by Gasteiger charge is 2.09. The summed E-state index contributed by atoms with van der Waals surface area (Å²) in [5.41, 5.74) is 0. The smallest absolute Gasteiger partial charge is 0.191 e. The molecule has 8 nitrogen and oxygen atoms in total. The predicted octanol–water partition coefficient (Wildman–Crippen LogP) is 0.0670. The normalized spacial score (nSPS) is 16.2. The number of morpholine rings is 1. The molecule has 0 saturated carbocycles. The summed E-state index contributed by atoms with van der Waals surface area (Å²) in [5.74, 6) is 2.51. The molecule has 1 aliphatic rings. The first-order valence-electron chi connectivity index (χ1n) is 8.48. The molecule has 0 atom stereocenters. The molecule has 1 aliphatic heterocycles. The number of hydrogen-bond donors (Lipinski definition) is 2. The number of nitrogens with one attached hydrogen (secondary N) is 2. The first kappa shape index (κ1) is 18.4. The van der Waals surface area contributed by atoms with Gasteiger partial charge in [-0.1, -0.05) is 6.08 Å². The number of hydrogen-bond acceptors (Lipinski definition) is 5. The van der Waals surface area contributed by atoms with Gasteiger partial charge in [-0.2, -0.15) is 0 Å². The van der Waals surface area contributed by atoms with Crippen molar-refractivity contribution in [3.05, 3.63) is 24.3 Å². The van der Waals surface area contributed by atoms with Gasteiger partial charge >= 0.3 is 0 Å². The summed E-state index contributed by atoms with van der Waals surface area (Å²) in [6.45, 7) is 12.5. The zero-order chi connectivity index (χ0) is 17.2. The van der Waals surface area contributed by atoms with E-state index in [0.717, 1.165) is 63.4 Å². The molecule has 0 aromatic carbocycles. The summed E-state index contributed by atoms with van der Waals surface area (Å²) >= 11 is 0. The van der Waals surface area contributed by atoms with Crippen molar-refractivity contribution in [3.63, 3.8) is 0 Å². The SMILES string of the molecule is C=CCNC(=NCc1nnc(C)n1C)NCCCN1CCOCC1. The number of aryl methyl sites for hydroxylation is 1. The molecule has 1 aromatic rings. The maximum Gasteiger partial charge on any atom is 0.191 e. The van der Waals surface area contributed by atoms with Crippen LogP contribution in [0.5, 0.6) is 0 Å². The Bertz CT molecular complexity index is 535. The summed E-state index contributed by atoms with van der Waals surface area (Å²) in [5, 5.41) is 14.8. The second-order valence-corrected chi connectivity index (χ2v) is 5.79. The van der Waals surface area contributed by atoms with Gasteiger partial charge in [0, 0.05) is 33.2 Å². The molecule has 2 N–H and O–H groups in total. The molecule has 2 rings (SSSR count). The van der Waals surface area contributed by atoms with Gasteiger partial charge in [-0.15, -0.1) is 16.8 Å². The Morgan fingerprint density at radius 2 is 2.12 bits per heavy atom. The van der Waals surface area contributed by atoms with Crippen LogP contribution < -0.4 is 10.6 Å². The fourth-order valence-corrected chi connectivity index (χ4v) is 2.42. The first-order chi connectivity index (χ1) is 11.7. The Hall–Kier alpha value is -1.93. The van der Waals surface area contributed by atoms with Gasteiger partial charge in [-0.3, -0.25) is 4.90 Å². The largest absolute Gasteiger partial charge is 0.379 e. The van der Waals surface area contributed by atoms with Crippen molar-refractivity contribution >= 4 is 5.96 Å². The third kappa shape index (κ3) is 5.93. The topological polar surface area (TPSA) is 79.6 Å². The molecule has 1 aromatic heterocycles. The highest BCUT2D eigenvalue weighted by molar-refractivity contribution is 5.79. The average molecular weight is 335 g/mol. The number of ether oxygens (including phenoxy) is 1. The molecular formula is C16H29N7O. The van der Waals surface area contributed by atoms with E-state index in [1.54, 1.807) is 0 Å². The van der Waals surface area contributed by atoms with Crippen molar-refractivity contribution in [1.29, 1.82) is 0 Å². The molecule has 0 spiro atoms. The van der Waals surface area contributed by atoms with Gasteiger partial charge in [0.1, 0.15) is 12.4 Å². The Labute approximate surface area is 144 Å². The lowest BCUT2D eigenvalue weighted by Crippen LogP contribution is -2.40. The van der Waals surface area contributed by atoms with E-state index in [1.807, 2.05) is 24.6 Å². The molecule has 0 aliphatic carbocycles. The Morgan fingerprint density at radius 3 is 2.79 bits per heavy atom. The Balaban J connectivity index is 1.77. The van der Waals surface area contributed by atoms with Crippen LogP contribution in [-0.4, -0.2) is 71.6 Å². The van der Waals surface area contributed by atoms with Crippen molar-refractivity contribution in [2.45, 2.75) is 19.9 Å². The Morgan fingerprint density at radius 1 is 1.33 bits per heavy atom. The molecule has 2 heterocycles. The standard InChI is InChI=1S/C16H29N7O/c1-4-6-17-16(19-13-15-21-20-14(2)22(15)3)18-7-5-8-23-9-11-24-12-10-23/h4H,1,5-13H2,2-3H3,(H2,17,18,19). The number of aromatic nitrogens is 3. The zero-order valence-electron chi connectivity index (χ0n) is 14.8. The van der Waals surface area contributed by atoms with Crippen LogP contribution >= 0.6 is 0 Å². The predicted molar refractivity (Wildman–Crippen MR) is 95.0 cm³/mol. The number of rotatable bonds is 8. The van der Waals surface area contributed by atoms with Gasteiger partial charge in [0.2, 0.25) is 0 Å². The molecule has 8 heteroatoms. The van der Waals surface area contributed by atoms with Crippen LogP contribution in [0.1, 0.15) is 18.1 Å². The lowest BCUT2D eigenvalue weighted by molar-refractivity contribution is 0.0376. The van der Waals surface area contributed by atoms with E-state index in [1.165, 1.54) is 0 Å². The molecule has 134 valence electrons. The van der Waals surface area contributed by atoms with Crippen molar-refractivity contribution in [2.24, 2.45) is 12.0 Å². The van der Waals surface area contributed by atoms with E-state index >= 15 is 0 Å². The van der Waals surface area contributed by atoms with Gasteiger partial charge < -0.3 is 19.9 Å². The zero-order valence-corrected chi connectivity index (χ0v) is 14.8. The van der Waals surface area contributed by atoms with Crippen LogP contribution in [0.4, 0.5) is 0 Å². The minimum absolute atomic E-state index is 0.493. The lowest BCUT2D eigenvalue weighted by atomic mass is 10.3.